The molecule has 0 saturated heterocycles. The molecule has 3 rings (SSSR count). The van der Waals surface area contributed by atoms with Gasteiger partial charge < -0.3 is 23.4 Å². The van der Waals surface area contributed by atoms with Crippen LogP contribution in [-0.2, 0) is 14.3 Å². The van der Waals surface area contributed by atoms with E-state index in [9.17, 15) is 14.4 Å². The minimum absolute atomic E-state index is 0.00931. The van der Waals surface area contributed by atoms with Crippen LogP contribution in [0.5, 0.6) is 17.2 Å². The molecule has 162 valence electrons. The average Bonchev–Trinajstić information content (AvgIpc) is 2.76. The molecule has 0 spiro atoms. The zero-order valence-corrected chi connectivity index (χ0v) is 17.4. The first-order chi connectivity index (χ1) is 14.9. The van der Waals surface area contributed by atoms with Gasteiger partial charge in [0, 0.05) is 6.07 Å². The van der Waals surface area contributed by atoms with Gasteiger partial charge in [-0.3, -0.25) is 4.79 Å². The number of fused-ring (bicyclic) bond motifs is 1. The second-order valence-corrected chi connectivity index (χ2v) is 6.45. The first-order valence-electron chi connectivity index (χ1n) is 9.76. The number of rotatable bonds is 8. The van der Waals surface area contributed by atoms with Crippen LogP contribution < -0.4 is 14.9 Å². The van der Waals surface area contributed by atoms with Gasteiger partial charge in [0.1, 0.15) is 23.3 Å². The lowest BCUT2D eigenvalue weighted by Crippen LogP contribution is -2.26. The smallest absolute Gasteiger partial charge is 0.347 e. The first kappa shape index (κ1) is 21.9. The molecule has 0 N–H and O–H groups in total. The quantitative estimate of drug-likeness (QED) is 0.497. The van der Waals surface area contributed by atoms with Crippen LogP contribution in [0.3, 0.4) is 0 Å². The number of esters is 2. The van der Waals surface area contributed by atoms with E-state index in [1.54, 1.807) is 51.1 Å². The number of carbonyl (C=O) groups excluding carboxylic acids is 2. The minimum Gasteiger partial charge on any atom is -0.479 e. The van der Waals surface area contributed by atoms with E-state index >= 15 is 0 Å². The highest BCUT2D eigenvalue weighted by molar-refractivity contribution is 5.89. The van der Waals surface area contributed by atoms with Gasteiger partial charge in [-0.05, 0) is 57.2 Å². The molecule has 0 bridgehead atoms. The van der Waals surface area contributed by atoms with Crippen LogP contribution >= 0.6 is 0 Å². The summed E-state index contributed by atoms with van der Waals surface area (Å²) in [6, 6.07) is 10.8. The van der Waals surface area contributed by atoms with Crippen molar-refractivity contribution in [3.8, 4) is 17.2 Å². The van der Waals surface area contributed by atoms with E-state index in [-0.39, 0.29) is 35.4 Å². The van der Waals surface area contributed by atoms with E-state index in [4.69, 9.17) is 23.4 Å². The molecule has 8 heteroatoms. The summed E-state index contributed by atoms with van der Waals surface area (Å²) in [6.45, 7) is 5.55. The monoisotopic (exact) mass is 426 g/mol. The van der Waals surface area contributed by atoms with Gasteiger partial charge in [0.15, 0.2) is 6.10 Å². The summed E-state index contributed by atoms with van der Waals surface area (Å²) in [7, 11) is 0. The van der Waals surface area contributed by atoms with E-state index in [1.807, 2.05) is 0 Å². The molecule has 2 aromatic carbocycles. The summed E-state index contributed by atoms with van der Waals surface area (Å²) in [5, 5.41) is 0.289. The maximum absolute atomic E-state index is 12.7. The largest absolute Gasteiger partial charge is 0.479 e. The third kappa shape index (κ3) is 5.22. The summed E-state index contributed by atoms with van der Waals surface area (Å²) >= 11 is 0. The maximum atomic E-state index is 12.7. The molecule has 0 aliphatic rings. The van der Waals surface area contributed by atoms with Crippen LogP contribution in [0.4, 0.5) is 0 Å². The van der Waals surface area contributed by atoms with Crippen molar-refractivity contribution in [1.29, 1.82) is 0 Å². The molecule has 31 heavy (non-hydrogen) atoms. The first-order valence-corrected chi connectivity index (χ1v) is 9.76. The summed E-state index contributed by atoms with van der Waals surface area (Å²) in [4.78, 5) is 36.2. The van der Waals surface area contributed by atoms with Crippen LogP contribution in [0.2, 0.25) is 0 Å². The molecule has 1 heterocycles. The van der Waals surface area contributed by atoms with E-state index in [0.29, 0.717) is 17.1 Å². The van der Waals surface area contributed by atoms with Crippen molar-refractivity contribution in [3.63, 3.8) is 0 Å². The molecule has 0 saturated carbocycles. The Morgan fingerprint density at radius 1 is 0.968 bits per heavy atom. The SMILES string of the molecule is CCOC(=O)c1ccc(Oc2coc3cc(OC(C)C(=O)OCC)ccc3c2=O)cc1. The molecule has 0 radical (unpaired) electrons. The fraction of sp³-hybridized carbons (Fsp3) is 0.261. The molecule has 3 aromatic rings. The number of hydrogen-bond acceptors (Lipinski definition) is 8. The van der Waals surface area contributed by atoms with Crippen LogP contribution in [-0.4, -0.2) is 31.3 Å². The summed E-state index contributed by atoms with van der Waals surface area (Å²) in [5.74, 6) is -0.205. The highest BCUT2D eigenvalue weighted by Crippen LogP contribution is 2.25. The van der Waals surface area contributed by atoms with Gasteiger partial charge in [-0.25, -0.2) is 9.59 Å². The molecule has 1 unspecified atom stereocenters. The molecule has 0 fully saturated rings. The van der Waals surface area contributed by atoms with Gasteiger partial charge >= 0.3 is 11.9 Å². The summed E-state index contributed by atoms with van der Waals surface area (Å²) < 4.78 is 26.5. The second-order valence-electron chi connectivity index (χ2n) is 6.45. The lowest BCUT2D eigenvalue weighted by atomic mass is 10.2. The number of carbonyl (C=O) groups is 2. The average molecular weight is 426 g/mol. The Labute approximate surface area is 178 Å². The van der Waals surface area contributed by atoms with E-state index < -0.39 is 18.0 Å². The molecule has 1 atom stereocenters. The third-order valence-corrected chi connectivity index (χ3v) is 4.24. The molecule has 1 aromatic heterocycles. The zero-order valence-electron chi connectivity index (χ0n) is 17.4. The Kier molecular flexibility index (Phi) is 6.92. The number of ether oxygens (including phenoxy) is 4. The van der Waals surface area contributed by atoms with E-state index in [2.05, 4.69) is 0 Å². The molecular formula is C23H22O8. The minimum atomic E-state index is -0.802. The second kappa shape index (κ2) is 9.80. The predicted octanol–water partition coefficient (Wildman–Crippen LogP) is 4.09. The Hall–Kier alpha value is -3.81. The van der Waals surface area contributed by atoms with Crippen molar-refractivity contribution in [1.82, 2.24) is 0 Å². The van der Waals surface area contributed by atoms with Gasteiger partial charge in [-0.1, -0.05) is 0 Å². The van der Waals surface area contributed by atoms with Crippen molar-refractivity contribution >= 4 is 22.9 Å². The molecule has 0 amide bonds. The Bertz CT molecular complexity index is 1130. The van der Waals surface area contributed by atoms with E-state index in [1.165, 1.54) is 18.4 Å². The van der Waals surface area contributed by atoms with Crippen molar-refractivity contribution < 1.29 is 33.0 Å². The lowest BCUT2D eigenvalue weighted by Gasteiger charge is -2.13. The predicted molar refractivity (Wildman–Crippen MR) is 112 cm³/mol. The van der Waals surface area contributed by atoms with Crippen LogP contribution in [0, 0.1) is 0 Å². The van der Waals surface area contributed by atoms with Gasteiger partial charge in [-0.2, -0.15) is 0 Å². The molecular weight excluding hydrogens is 404 g/mol. The Morgan fingerprint density at radius 2 is 1.65 bits per heavy atom. The van der Waals surface area contributed by atoms with E-state index in [0.717, 1.165) is 0 Å². The zero-order chi connectivity index (χ0) is 22.4. The summed E-state index contributed by atoms with van der Waals surface area (Å²) in [5.41, 5.74) is 0.286. The van der Waals surface area contributed by atoms with Crippen molar-refractivity contribution in [3.05, 3.63) is 64.5 Å². The van der Waals surface area contributed by atoms with Crippen molar-refractivity contribution in [2.45, 2.75) is 26.9 Å². The third-order valence-electron chi connectivity index (χ3n) is 4.24. The van der Waals surface area contributed by atoms with Crippen molar-refractivity contribution in [2.75, 3.05) is 13.2 Å². The number of benzene rings is 2. The fourth-order valence-electron chi connectivity index (χ4n) is 2.75. The Balaban J connectivity index is 1.77. The summed E-state index contributed by atoms with van der Waals surface area (Å²) in [6.07, 6.45) is 0.395. The number of hydrogen-bond donors (Lipinski definition) is 0. The lowest BCUT2D eigenvalue weighted by molar-refractivity contribution is -0.150. The maximum Gasteiger partial charge on any atom is 0.347 e. The van der Waals surface area contributed by atoms with Gasteiger partial charge in [-0.15, -0.1) is 0 Å². The highest BCUT2D eigenvalue weighted by atomic mass is 16.6. The molecule has 8 nitrogen and oxygen atoms in total. The fourth-order valence-corrected chi connectivity index (χ4v) is 2.75. The van der Waals surface area contributed by atoms with Crippen LogP contribution in [0.25, 0.3) is 11.0 Å². The van der Waals surface area contributed by atoms with Crippen LogP contribution in [0.1, 0.15) is 31.1 Å². The Morgan fingerprint density at radius 3 is 2.32 bits per heavy atom. The van der Waals surface area contributed by atoms with Gasteiger partial charge in [0.2, 0.25) is 11.2 Å². The molecule has 0 aliphatic heterocycles. The van der Waals surface area contributed by atoms with Gasteiger partial charge in [0.05, 0.1) is 24.2 Å². The topological polar surface area (TPSA) is 101 Å². The standard InChI is InChI=1S/C23H22O8/c1-4-27-22(25)14(3)30-17-10-11-18-19(12-17)29-13-20(21(18)24)31-16-8-6-15(7-9-16)23(26)28-5-2/h6-14H,4-5H2,1-3H3. The highest BCUT2D eigenvalue weighted by Gasteiger charge is 2.17. The van der Waals surface area contributed by atoms with Gasteiger partial charge in [0.25, 0.3) is 0 Å². The molecule has 0 aliphatic carbocycles. The van der Waals surface area contributed by atoms with Crippen LogP contribution in [0.15, 0.2) is 57.9 Å². The van der Waals surface area contributed by atoms with Crippen molar-refractivity contribution in [2.24, 2.45) is 0 Å². The normalized spacial score (nSPS) is 11.6.